The minimum atomic E-state index is -0.628. The van der Waals surface area contributed by atoms with Crippen LogP contribution in [0.3, 0.4) is 0 Å². The maximum atomic E-state index is 13.2. The lowest BCUT2D eigenvalue weighted by atomic mass is 10.1. The van der Waals surface area contributed by atoms with E-state index in [0.29, 0.717) is 23.6 Å². The number of rotatable bonds is 8. The van der Waals surface area contributed by atoms with Crippen molar-refractivity contribution in [2.45, 2.75) is 19.5 Å². The van der Waals surface area contributed by atoms with E-state index in [-0.39, 0.29) is 24.3 Å². The van der Waals surface area contributed by atoms with Gasteiger partial charge < -0.3 is 14.8 Å². The topological polar surface area (TPSA) is 117 Å². The number of carbonyl (C=O) groups is 1. The van der Waals surface area contributed by atoms with Crippen LogP contribution in [-0.2, 0) is 24.3 Å². The predicted octanol–water partition coefficient (Wildman–Crippen LogP) is 1.85. The third kappa shape index (κ3) is 4.65. The van der Waals surface area contributed by atoms with Crippen molar-refractivity contribution in [1.29, 1.82) is 0 Å². The van der Waals surface area contributed by atoms with Crippen molar-refractivity contribution in [3.8, 4) is 11.5 Å². The van der Waals surface area contributed by atoms with Crippen LogP contribution in [0.1, 0.15) is 5.56 Å². The highest BCUT2D eigenvalue weighted by atomic mass is 16.5. The van der Waals surface area contributed by atoms with Gasteiger partial charge >= 0.3 is 5.69 Å². The van der Waals surface area contributed by atoms with Crippen molar-refractivity contribution in [3.05, 3.63) is 87.3 Å². The largest absolute Gasteiger partial charge is 0.493 e. The van der Waals surface area contributed by atoms with Crippen LogP contribution in [0.4, 0.5) is 5.69 Å². The Morgan fingerprint density at radius 3 is 2.41 bits per heavy atom. The number of nitrogens with one attached hydrogen (secondary N) is 1. The van der Waals surface area contributed by atoms with Gasteiger partial charge in [-0.15, -0.1) is 0 Å². The molecule has 4 rings (SSSR count). The summed E-state index contributed by atoms with van der Waals surface area (Å²) in [4.78, 5) is 47.3. The fraction of sp³-hybridized carbons (Fsp3) is 0.208. The molecule has 0 saturated carbocycles. The van der Waals surface area contributed by atoms with Crippen LogP contribution >= 0.6 is 0 Å². The summed E-state index contributed by atoms with van der Waals surface area (Å²) in [6, 6.07) is 14.4. The molecule has 0 aliphatic heterocycles. The standard InChI is InChI=1S/C24H23N5O5/c1-33-18-9-8-17(14-19(18)34-2)27-20(30)15-29-22-21(25-11-12-26-22)23(31)28(24(29)32)13-10-16-6-4-3-5-7-16/h3-9,11-12,14H,10,13,15H2,1-2H3,(H,27,30). The zero-order valence-electron chi connectivity index (χ0n) is 18.7. The molecular formula is C24H23N5O5. The summed E-state index contributed by atoms with van der Waals surface area (Å²) in [5.74, 6) is 0.487. The summed E-state index contributed by atoms with van der Waals surface area (Å²) >= 11 is 0. The van der Waals surface area contributed by atoms with Crippen molar-refractivity contribution in [2.24, 2.45) is 0 Å². The monoisotopic (exact) mass is 461 g/mol. The second-order valence-electron chi connectivity index (χ2n) is 7.41. The summed E-state index contributed by atoms with van der Waals surface area (Å²) in [6.07, 6.45) is 3.22. The summed E-state index contributed by atoms with van der Waals surface area (Å²) in [5, 5.41) is 2.73. The smallest absolute Gasteiger partial charge is 0.333 e. The Hall–Kier alpha value is -4.47. The second-order valence-corrected chi connectivity index (χ2v) is 7.41. The van der Waals surface area contributed by atoms with Gasteiger partial charge in [0.15, 0.2) is 22.7 Å². The number of benzene rings is 2. The molecule has 1 amide bonds. The van der Waals surface area contributed by atoms with Gasteiger partial charge in [0.25, 0.3) is 5.56 Å². The van der Waals surface area contributed by atoms with Crippen molar-refractivity contribution in [1.82, 2.24) is 19.1 Å². The van der Waals surface area contributed by atoms with E-state index in [1.165, 1.54) is 26.6 Å². The van der Waals surface area contributed by atoms with Gasteiger partial charge in [0, 0.05) is 30.7 Å². The highest BCUT2D eigenvalue weighted by Crippen LogP contribution is 2.29. The van der Waals surface area contributed by atoms with Crippen molar-refractivity contribution in [2.75, 3.05) is 19.5 Å². The Morgan fingerprint density at radius 2 is 1.68 bits per heavy atom. The van der Waals surface area contributed by atoms with Gasteiger partial charge in [-0.2, -0.15) is 0 Å². The maximum Gasteiger partial charge on any atom is 0.333 e. The van der Waals surface area contributed by atoms with E-state index < -0.39 is 17.2 Å². The first-order chi connectivity index (χ1) is 16.5. The number of hydrogen-bond acceptors (Lipinski definition) is 7. The molecule has 0 bridgehead atoms. The number of ether oxygens (including phenoxy) is 2. The Morgan fingerprint density at radius 1 is 0.941 bits per heavy atom. The number of carbonyl (C=O) groups excluding carboxylic acids is 1. The van der Waals surface area contributed by atoms with Crippen LogP contribution in [0.5, 0.6) is 11.5 Å². The van der Waals surface area contributed by atoms with Crippen LogP contribution in [0.15, 0.2) is 70.5 Å². The molecule has 174 valence electrons. The number of methoxy groups -OCH3 is 2. The van der Waals surface area contributed by atoms with Gasteiger partial charge in [0.05, 0.1) is 14.2 Å². The molecule has 10 nitrogen and oxygen atoms in total. The molecule has 34 heavy (non-hydrogen) atoms. The Bertz CT molecular complexity index is 1450. The molecule has 0 spiro atoms. The Kier molecular flexibility index (Phi) is 6.67. The van der Waals surface area contributed by atoms with Crippen LogP contribution in [0, 0.1) is 0 Å². The fourth-order valence-electron chi connectivity index (χ4n) is 3.61. The molecule has 2 aromatic carbocycles. The van der Waals surface area contributed by atoms with E-state index in [1.54, 1.807) is 18.2 Å². The average Bonchev–Trinajstić information content (AvgIpc) is 2.87. The van der Waals surface area contributed by atoms with Crippen LogP contribution in [0.25, 0.3) is 11.2 Å². The number of nitrogens with zero attached hydrogens (tertiary/aromatic N) is 4. The SMILES string of the molecule is COc1ccc(NC(=O)Cn2c(=O)n(CCc3ccccc3)c(=O)c3nccnc32)cc1OC. The number of aromatic nitrogens is 4. The van der Waals surface area contributed by atoms with Crippen LogP contribution in [0.2, 0.25) is 0 Å². The Balaban J connectivity index is 1.65. The Labute approximate surface area is 194 Å². The van der Waals surface area contributed by atoms with E-state index in [0.717, 1.165) is 14.7 Å². The summed E-state index contributed by atoms with van der Waals surface area (Å²) in [7, 11) is 3.01. The third-order valence-corrected chi connectivity index (χ3v) is 5.28. The summed E-state index contributed by atoms with van der Waals surface area (Å²) < 4.78 is 12.7. The normalized spacial score (nSPS) is 10.8. The molecule has 0 saturated heterocycles. The molecule has 10 heteroatoms. The highest BCUT2D eigenvalue weighted by molar-refractivity contribution is 5.91. The van der Waals surface area contributed by atoms with Gasteiger partial charge in [-0.05, 0) is 24.1 Å². The van der Waals surface area contributed by atoms with Gasteiger partial charge in [-0.25, -0.2) is 14.8 Å². The van der Waals surface area contributed by atoms with Crippen molar-refractivity contribution in [3.63, 3.8) is 0 Å². The lowest BCUT2D eigenvalue weighted by molar-refractivity contribution is -0.116. The maximum absolute atomic E-state index is 13.2. The van der Waals surface area contributed by atoms with Crippen molar-refractivity contribution < 1.29 is 14.3 Å². The minimum Gasteiger partial charge on any atom is -0.493 e. The van der Waals surface area contributed by atoms with E-state index >= 15 is 0 Å². The van der Waals surface area contributed by atoms with E-state index in [4.69, 9.17) is 9.47 Å². The zero-order chi connectivity index (χ0) is 24.1. The van der Waals surface area contributed by atoms with Gasteiger partial charge in [-0.1, -0.05) is 30.3 Å². The van der Waals surface area contributed by atoms with Crippen molar-refractivity contribution >= 4 is 22.8 Å². The minimum absolute atomic E-state index is 0.0223. The summed E-state index contributed by atoms with van der Waals surface area (Å²) in [6.45, 7) is -0.209. The molecule has 0 aliphatic rings. The molecule has 0 radical (unpaired) electrons. The molecule has 0 atom stereocenters. The fourth-order valence-corrected chi connectivity index (χ4v) is 3.61. The zero-order valence-corrected chi connectivity index (χ0v) is 18.7. The quantitative estimate of drug-likeness (QED) is 0.426. The van der Waals surface area contributed by atoms with Crippen LogP contribution in [-0.4, -0.2) is 39.2 Å². The van der Waals surface area contributed by atoms with Gasteiger partial charge in [-0.3, -0.25) is 18.7 Å². The van der Waals surface area contributed by atoms with Gasteiger partial charge in [0.2, 0.25) is 5.91 Å². The van der Waals surface area contributed by atoms with Crippen LogP contribution < -0.4 is 26.0 Å². The lowest BCUT2D eigenvalue weighted by Crippen LogP contribution is -2.42. The molecule has 1 N–H and O–H groups in total. The molecule has 2 heterocycles. The third-order valence-electron chi connectivity index (χ3n) is 5.28. The molecular weight excluding hydrogens is 438 g/mol. The molecule has 0 fully saturated rings. The number of aryl methyl sites for hydroxylation is 1. The van der Waals surface area contributed by atoms with E-state index in [1.807, 2.05) is 30.3 Å². The predicted molar refractivity (Wildman–Crippen MR) is 126 cm³/mol. The first kappa shape index (κ1) is 22.7. The molecule has 4 aromatic rings. The van der Waals surface area contributed by atoms with E-state index in [9.17, 15) is 14.4 Å². The lowest BCUT2D eigenvalue weighted by Gasteiger charge is -2.14. The summed E-state index contributed by atoms with van der Waals surface area (Å²) in [5.41, 5.74) is 0.344. The second kappa shape index (κ2) is 9.99. The molecule has 0 unspecified atom stereocenters. The number of anilines is 1. The van der Waals surface area contributed by atoms with E-state index in [2.05, 4.69) is 15.3 Å². The molecule has 2 aromatic heterocycles. The highest BCUT2D eigenvalue weighted by Gasteiger charge is 2.17. The number of fused-ring (bicyclic) bond motifs is 1. The average molecular weight is 461 g/mol. The first-order valence-corrected chi connectivity index (χ1v) is 10.5. The first-order valence-electron chi connectivity index (χ1n) is 10.5. The number of hydrogen-bond donors (Lipinski definition) is 1. The van der Waals surface area contributed by atoms with Gasteiger partial charge in [0.1, 0.15) is 6.54 Å². The molecule has 0 aliphatic carbocycles. The number of amides is 1.